The second kappa shape index (κ2) is 6.20. The maximum absolute atomic E-state index is 12.1. The fourth-order valence-corrected chi connectivity index (χ4v) is 1.95. The van der Waals surface area contributed by atoms with Gasteiger partial charge in [-0.15, -0.1) is 0 Å². The zero-order chi connectivity index (χ0) is 14.7. The lowest BCUT2D eigenvalue weighted by atomic mass is 9.97. The van der Waals surface area contributed by atoms with Gasteiger partial charge in [0.2, 0.25) is 5.95 Å². The van der Waals surface area contributed by atoms with E-state index in [2.05, 4.69) is 9.97 Å². The molecular weight excluding hydrogens is 254 g/mol. The number of rotatable bonds is 4. The number of hydrogen-bond donors (Lipinski definition) is 0. The molecule has 1 heterocycles. The molecule has 2 rings (SSSR count). The van der Waals surface area contributed by atoms with Crippen molar-refractivity contribution in [1.82, 2.24) is 9.97 Å². The molecule has 0 bridgehead atoms. The van der Waals surface area contributed by atoms with Crippen LogP contribution in [-0.2, 0) is 4.74 Å². The molecule has 1 aliphatic carbocycles. The van der Waals surface area contributed by atoms with Crippen LogP contribution in [0.1, 0.15) is 28.7 Å². The van der Waals surface area contributed by atoms with Gasteiger partial charge in [0.1, 0.15) is 5.56 Å². The first-order valence-corrected chi connectivity index (χ1v) is 6.49. The lowest BCUT2D eigenvalue weighted by molar-refractivity contribution is 0.0523. The molecular formula is C15H18N3O2. The number of nitrogens with zero attached hydrogens (tertiary/aromatic N) is 3. The highest BCUT2D eigenvalue weighted by Crippen LogP contribution is 2.32. The number of hydrogen-bond acceptors (Lipinski definition) is 5. The van der Waals surface area contributed by atoms with Gasteiger partial charge in [-0.05, 0) is 39.5 Å². The number of carbonyl (C=O) groups is 1. The monoisotopic (exact) mass is 272 g/mol. The Bertz CT molecular complexity index is 494. The summed E-state index contributed by atoms with van der Waals surface area (Å²) in [5.41, 5.74) is 1.67. The van der Waals surface area contributed by atoms with E-state index < -0.39 is 0 Å². The van der Waals surface area contributed by atoms with Crippen molar-refractivity contribution in [3.63, 3.8) is 0 Å². The standard InChI is InChI=1S/C15H18N3O2/c1-5-20-14(19)12-10(2)16-15(18(3)4)17-13(12)11-8-6-7-9-11/h6-9H,5H2,1-4H3. The van der Waals surface area contributed by atoms with Gasteiger partial charge < -0.3 is 9.64 Å². The molecule has 0 spiro atoms. The molecule has 5 radical (unpaired) electrons. The number of aryl methyl sites for hydroxylation is 1. The van der Waals surface area contributed by atoms with E-state index in [1.807, 2.05) is 44.7 Å². The minimum atomic E-state index is -0.383. The number of anilines is 1. The van der Waals surface area contributed by atoms with E-state index in [0.29, 0.717) is 29.5 Å². The van der Waals surface area contributed by atoms with Crippen LogP contribution in [0.2, 0.25) is 0 Å². The molecule has 1 aromatic rings. The van der Waals surface area contributed by atoms with Crippen LogP contribution in [-0.4, -0.2) is 36.6 Å². The highest BCUT2D eigenvalue weighted by molar-refractivity contribution is 5.93. The first-order valence-electron chi connectivity index (χ1n) is 6.49. The second-order valence-corrected chi connectivity index (χ2v) is 4.62. The molecule has 20 heavy (non-hydrogen) atoms. The lowest BCUT2D eigenvalue weighted by Gasteiger charge is -2.18. The highest BCUT2D eigenvalue weighted by Gasteiger charge is 2.29. The number of carbonyl (C=O) groups excluding carboxylic acids is 1. The molecule has 0 aliphatic heterocycles. The van der Waals surface area contributed by atoms with Crippen LogP contribution in [0.25, 0.3) is 0 Å². The first-order chi connectivity index (χ1) is 9.54. The molecule has 0 unspecified atom stereocenters. The number of aromatic nitrogens is 2. The Kier molecular flexibility index (Phi) is 4.57. The molecule has 105 valence electrons. The van der Waals surface area contributed by atoms with Crippen molar-refractivity contribution in [3.05, 3.63) is 48.6 Å². The largest absolute Gasteiger partial charge is 0.462 e. The molecule has 5 nitrogen and oxygen atoms in total. The van der Waals surface area contributed by atoms with Gasteiger partial charge >= 0.3 is 5.97 Å². The predicted octanol–water partition coefficient (Wildman–Crippen LogP) is 1.78. The Morgan fingerprint density at radius 1 is 1.25 bits per heavy atom. The van der Waals surface area contributed by atoms with Crippen molar-refractivity contribution in [2.24, 2.45) is 0 Å². The minimum Gasteiger partial charge on any atom is -0.462 e. The zero-order valence-corrected chi connectivity index (χ0v) is 12.2. The second-order valence-electron chi connectivity index (χ2n) is 4.62. The molecule has 0 amide bonds. The summed E-state index contributed by atoms with van der Waals surface area (Å²) in [4.78, 5) is 22.8. The van der Waals surface area contributed by atoms with E-state index in [-0.39, 0.29) is 5.97 Å². The van der Waals surface area contributed by atoms with E-state index in [4.69, 9.17) is 4.74 Å². The third-order valence-corrected chi connectivity index (χ3v) is 2.89. The number of esters is 1. The Labute approximate surface area is 120 Å². The maximum Gasteiger partial charge on any atom is 0.341 e. The van der Waals surface area contributed by atoms with Crippen molar-refractivity contribution >= 4 is 11.9 Å². The molecule has 0 aromatic carbocycles. The Hall–Kier alpha value is -1.65. The van der Waals surface area contributed by atoms with Crippen LogP contribution in [0.3, 0.4) is 0 Å². The average Bonchev–Trinajstić information content (AvgIpc) is 2.91. The summed E-state index contributed by atoms with van der Waals surface area (Å²) in [5.74, 6) is 1.08. The molecule has 1 aromatic heterocycles. The lowest BCUT2D eigenvalue weighted by Crippen LogP contribution is -2.20. The van der Waals surface area contributed by atoms with Crippen molar-refractivity contribution < 1.29 is 9.53 Å². The van der Waals surface area contributed by atoms with E-state index in [1.54, 1.807) is 13.8 Å². The first kappa shape index (κ1) is 14.8. The van der Waals surface area contributed by atoms with Crippen LogP contribution >= 0.6 is 0 Å². The van der Waals surface area contributed by atoms with E-state index in [1.165, 1.54) is 0 Å². The van der Waals surface area contributed by atoms with Gasteiger partial charge in [-0.1, -0.05) is 0 Å². The van der Waals surface area contributed by atoms with Gasteiger partial charge in [0.15, 0.2) is 0 Å². The van der Waals surface area contributed by atoms with Gasteiger partial charge in [-0.2, -0.15) is 0 Å². The van der Waals surface area contributed by atoms with Gasteiger partial charge in [0.25, 0.3) is 0 Å². The Morgan fingerprint density at radius 2 is 1.90 bits per heavy atom. The summed E-state index contributed by atoms with van der Waals surface area (Å²) >= 11 is 0. The Morgan fingerprint density at radius 3 is 2.45 bits per heavy atom. The summed E-state index contributed by atoms with van der Waals surface area (Å²) in [6.45, 7) is 3.91. The van der Waals surface area contributed by atoms with Crippen LogP contribution in [0, 0.1) is 38.5 Å². The predicted molar refractivity (Wildman–Crippen MR) is 76.6 cm³/mol. The minimum absolute atomic E-state index is 0.328. The van der Waals surface area contributed by atoms with Gasteiger partial charge in [-0.3, -0.25) is 0 Å². The fraction of sp³-hybridized carbons (Fsp3) is 0.333. The molecule has 0 saturated heterocycles. The molecule has 0 N–H and O–H groups in total. The summed E-state index contributed by atoms with van der Waals surface area (Å²) in [6, 6.07) is 0. The van der Waals surface area contributed by atoms with Crippen LogP contribution in [0.5, 0.6) is 0 Å². The number of ether oxygens (including phenoxy) is 1. The summed E-state index contributed by atoms with van der Waals surface area (Å²) < 4.78 is 5.12. The molecule has 1 fully saturated rings. The highest BCUT2D eigenvalue weighted by atomic mass is 16.5. The van der Waals surface area contributed by atoms with Gasteiger partial charge in [0.05, 0.1) is 18.0 Å². The quantitative estimate of drug-likeness (QED) is 0.782. The van der Waals surface area contributed by atoms with Crippen molar-refractivity contribution in [2.45, 2.75) is 13.8 Å². The normalized spacial score (nSPS) is 15.4. The van der Waals surface area contributed by atoms with Crippen LogP contribution in [0.4, 0.5) is 5.95 Å². The summed E-state index contributed by atoms with van der Waals surface area (Å²) in [7, 11) is 3.74. The van der Waals surface area contributed by atoms with Crippen molar-refractivity contribution in [1.29, 1.82) is 0 Å². The van der Waals surface area contributed by atoms with Crippen LogP contribution < -0.4 is 4.90 Å². The third kappa shape index (κ3) is 2.92. The fourth-order valence-electron chi connectivity index (χ4n) is 1.95. The molecule has 5 heteroatoms. The maximum atomic E-state index is 12.1. The topological polar surface area (TPSA) is 55.3 Å². The Balaban J connectivity index is 2.49. The zero-order valence-electron chi connectivity index (χ0n) is 12.2. The van der Waals surface area contributed by atoms with E-state index in [9.17, 15) is 4.79 Å². The smallest absolute Gasteiger partial charge is 0.341 e. The molecule has 0 atom stereocenters. The van der Waals surface area contributed by atoms with E-state index >= 15 is 0 Å². The van der Waals surface area contributed by atoms with E-state index in [0.717, 1.165) is 5.92 Å². The van der Waals surface area contributed by atoms with Crippen molar-refractivity contribution in [2.75, 3.05) is 25.6 Å². The third-order valence-electron chi connectivity index (χ3n) is 2.89. The average molecular weight is 272 g/mol. The molecule has 1 saturated carbocycles. The summed E-state index contributed by atoms with van der Waals surface area (Å²) in [6.07, 6.45) is 7.67. The van der Waals surface area contributed by atoms with Crippen LogP contribution in [0.15, 0.2) is 0 Å². The SMILES string of the molecule is CCOC(=O)c1c(C)nc(N(C)C)nc1[C]1[CH][CH][CH][CH]1. The molecule has 1 aliphatic rings. The van der Waals surface area contributed by atoms with Crippen molar-refractivity contribution in [3.8, 4) is 0 Å². The summed E-state index contributed by atoms with van der Waals surface area (Å²) in [5, 5.41) is 0. The van der Waals surface area contributed by atoms with Gasteiger partial charge in [-0.25, -0.2) is 14.8 Å². The van der Waals surface area contributed by atoms with Gasteiger partial charge in [0, 0.05) is 20.0 Å².